The molecule has 4 nitrogen and oxygen atoms in total. The maximum Gasteiger partial charge on any atom is 0.164 e. The molecule has 98 valence electrons. The van der Waals surface area contributed by atoms with Gasteiger partial charge in [0.1, 0.15) is 6.33 Å². The lowest BCUT2D eigenvalue weighted by Gasteiger charge is -2.14. The van der Waals surface area contributed by atoms with Crippen LogP contribution in [-0.2, 0) is 6.42 Å². The van der Waals surface area contributed by atoms with Gasteiger partial charge >= 0.3 is 0 Å². The predicted octanol–water partition coefficient (Wildman–Crippen LogP) is 3.03. The maximum absolute atomic E-state index is 4.35. The molecule has 0 saturated heterocycles. The molecule has 1 N–H and O–H groups in total. The Bertz CT molecular complexity index is 596. The van der Waals surface area contributed by atoms with Crippen molar-refractivity contribution in [1.82, 2.24) is 14.8 Å². The van der Waals surface area contributed by atoms with Crippen LogP contribution in [0.25, 0.3) is 11.4 Å². The minimum Gasteiger partial charge on any atom is -0.384 e. The summed E-state index contributed by atoms with van der Waals surface area (Å²) in [5, 5.41) is 11.9. The summed E-state index contributed by atoms with van der Waals surface area (Å²) in [6, 6.07) is 7.19. The number of nitrogens with one attached hydrogen (secondary N) is 1. The molecule has 1 saturated carbocycles. The first-order chi connectivity index (χ1) is 9.42. The Morgan fingerprint density at radius 2 is 2.11 bits per heavy atom. The van der Waals surface area contributed by atoms with Crippen LogP contribution in [0.1, 0.15) is 37.3 Å². The zero-order chi connectivity index (χ0) is 12.7. The summed E-state index contributed by atoms with van der Waals surface area (Å²) >= 11 is 0. The molecule has 4 rings (SSSR count). The van der Waals surface area contributed by atoms with E-state index in [4.69, 9.17) is 0 Å². The normalized spacial score (nSPS) is 18.5. The number of benzene rings is 1. The second-order valence-electron chi connectivity index (χ2n) is 5.55. The van der Waals surface area contributed by atoms with Gasteiger partial charge < -0.3 is 9.88 Å². The zero-order valence-electron chi connectivity index (χ0n) is 11.0. The van der Waals surface area contributed by atoms with Crippen molar-refractivity contribution in [1.29, 1.82) is 0 Å². The zero-order valence-corrected chi connectivity index (χ0v) is 11.0. The quantitative estimate of drug-likeness (QED) is 0.895. The van der Waals surface area contributed by atoms with E-state index < -0.39 is 0 Å². The summed E-state index contributed by atoms with van der Waals surface area (Å²) in [6.45, 7) is 1.05. The van der Waals surface area contributed by atoms with Gasteiger partial charge in [-0.15, -0.1) is 10.2 Å². The molecular weight excluding hydrogens is 236 g/mol. The first-order valence-electron chi connectivity index (χ1n) is 7.18. The van der Waals surface area contributed by atoms with Crippen LogP contribution in [0.15, 0.2) is 24.5 Å². The van der Waals surface area contributed by atoms with Crippen molar-refractivity contribution >= 4 is 5.69 Å². The molecule has 1 fully saturated rings. The van der Waals surface area contributed by atoms with E-state index in [2.05, 4.69) is 38.3 Å². The van der Waals surface area contributed by atoms with Gasteiger partial charge in [0.25, 0.3) is 0 Å². The molecule has 1 aromatic heterocycles. The van der Waals surface area contributed by atoms with Gasteiger partial charge in [0.2, 0.25) is 0 Å². The summed E-state index contributed by atoms with van der Waals surface area (Å²) in [7, 11) is 0. The van der Waals surface area contributed by atoms with E-state index in [1.54, 1.807) is 0 Å². The number of anilines is 1. The third kappa shape index (κ3) is 1.82. The lowest BCUT2D eigenvalue weighted by molar-refractivity contribution is 0.522. The highest BCUT2D eigenvalue weighted by Gasteiger charge is 2.21. The second kappa shape index (κ2) is 4.37. The fourth-order valence-electron chi connectivity index (χ4n) is 3.34. The Balaban J connectivity index is 1.74. The fraction of sp³-hybridized carbons (Fsp3) is 0.467. The van der Waals surface area contributed by atoms with E-state index in [0.29, 0.717) is 6.04 Å². The van der Waals surface area contributed by atoms with E-state index in [1.807, 2.05) is 6.33 Å². The first kappa shape index (κ1) is 11.0. The number of aromatic nitrogens is 3. The molecule has 19 heavy (non-hydrogen) atoms. The molecule has 0 spiro atoms. The van der Waals surface area contributed by atoms with Crippen molar-refractivity contribution in [3.8, 4) is 11.4 Å². The molecule has 1 aliphatic carbocycles. The van der Waals surface area contributed by atoms with Crippen molar-refractivity contribution in [2.75, 3.05) is 11.9 Å². The number of hydrogen-bond acceptors (Lipinski definition) is 3. The van der Waals surface area contributed by atoms with E-state index in [-0.39, 0.29) is 0 Å². The molecule has 1 aromatic carbocycles. The molecule has 0 atom stereocenters. The molecule has 1 aliphatic heterocycles. The highest BCUT2D eigenvalue weighted by atomic mass is 15.3. The average Bonchev–Trinajstić information content (AvgIpc) is 3.18. The predicted molar refractivity (Wildman–Crippen MR) is 75.2 cm³/mol. The van der Waals surface area contributed by atoms with Crippen LogP contribution in [0.3, 0.4) is 0 Å². The van der Waals surface area contributed by atoms with Crippen molar-refractivity contribution in [3.05, 3.63) is 30.1 Å². The summed E-state index contributed by atoms with van der Waals surface area (Å²) in [6.07, 6.45) is 8.19. The Labute approximate surface area is 112 Å². The second-order valence-corrected chi connectivity index (χ2v) is 5.55. The van der Waals surface area contributed by atoms with Crippen molar-refractivity contribution < 1.29 is 0 Å². The van der Waals surface area contributed by atoms with Crippen molar-refractivity contribution in [3.63, 3.8) is 0 Å². The van der Waals surface area contributed by atoms with Crippen LogP contribution in [-0.4, -0.2) is 21.3 Å². The van der Waals surface area contributed by atoms with Crippen LogP contribution >= 0.6 is 0 Å². The Kier molecular flexibility index (Phi) is 2.53. The van der Waals surface area contributed by atoms with E-state index >= 15 is 0 Å². The SMILES string of the molecule is c1cc2c(cc1-c1nncn1C1CCCC1)CCN2. The van der Waals surface area contributed by atoms with Gasteiger partial charge in [-0.3, -0.25) is 0 Å². The minimum absolute atomic E-state index is 0.594. The van der Waals surface area contributed by atoms with Gasteiger partial charge in [-0.2, -0.15) is 0 Å². The Morgan fingerprint density at radius 1 is 1.21 bits per heavy atom. The van der Waals surface area contributed by atoms with Crippen LogP contribution in [0, 0.1) is 0 Å². The fourth-order valence-corrected chi connectivity index (χ4v) is 3.34. The van der Waals surface area contributed by atoms with Gasteiger partial charge in [-0.05, 0) is 43.0 Å². The molecule has 2 heterocycles. The summed E-state index contributed by atoms with van der Waals surface area (Å²) in [4.78, 5) is 0. The molecule has 2 aliphatic rings. The number of rotatable bonds is 2. The summed E-state index contributed by atoms with van der Waals surface area (Å²) in [5.41, 5.74) is 3.88. The van der Waals surface area contributed by atoms with E-state index in [0.717, 1.165) is 18.8 Å². The Hall–Kier alpha value is -1.84. The molecule has 0 radical (unpaired) electrons. The van der Waals surface area contributed by atoms with Gasteiger partial charge in [0.05, 0.1) is 0 Å². The average molecular weight is 254 g/mol. The third-order valence-electron chi connectivity index (χ3n) is 4.36. The van der Waals surface area contributed by atoms with Gasteiger partial charge in [-0.25, -0.2) is 0 Å². The smallest absolute Gasteiger partial charge is 0.164 e. The highest BCUT2D eigenvalue weighted by Crippen LogP contribution is 2.34. The maximum atomic E-state index is 4.35. The topological polar surface area (TPSA) is 42.7 Å². The van der Waals surface area contributed by atoms with Crippen molar-refractivity contribution in [2.24, 2.45) is 0 Å². The molecule has 0 unspecified atom stereocenters. The van der Waals surface area contributed by atoms with E-state index in [1.165, 1.54) is 42.5 Å². The molecular formula is C15H18N4. The van der Waals surface area contributed by atoms with Crippen LogP contribution < -0.4 is 5.32 Å². The lowest BCUT2D eigenvalue weighted by Crippen LogP contribution is -2.05. The van der Waals surface area contributed by atoms with Crippen molar-refractivity contribution in [2.45, 2.75) is 38.1 Å². The van der Waals surface area contributed by atoms with Crippen LogP contribution in [0.2, 0.25) is 0 Å². The largest absolute Gasteiger partial charge is 0.384 e. The highest BCUT2D eigenvalue weighted by molar-refractivity contribution is 5.65. The van der Waals surface area contributed by atoms with Crippen LogP contribution in [0.4, 0.5) is 5.69 Å². The van der Waals surface area contributed by atoms with Gasteiger partial charge in [0.15, 0.2) is 5.82 Å². The van der Waals surface area contributed by atoms with E-state index in [9.17, 15) is 0 Å². The molecule has 4 heteroatoms. The molecule has 0 bridgehead atoms. The standard InChI is InChI=1S/C15H18N4/c1-2-4-13(3-1)19-10-17-18-15(19)12-5-6-14-11(9-12)7-8-16-14/h5-6,9-10,13,16H,1-4,7-8H2. The molecule has 0 amide bonds. The monoisotopic (exact) mass is 254 g/mol. The molecule has 2 aromatic rings. The third-order valence-corrected chi connectivity index (χ3v) is 4.36. The minimum atomic E-state index is 0.594. The number of hydrogen-bond donors (Lipinski definition) is 1. The number of nitrogens with zero attached hydrogens (tertiary/aromatic N) is 3. The summed E-state index contributed by atoms with van der Waals surface area (Å²) < 4.78 is 2.27. The Morgan fingerprint density at radius 3 is 3.00 bits per heavy atom. The van der Waals surface area contributed by atoms with Crippen LogP contribution in [0.5, 0.6) is 0 Å². The van der Waals surface area contributed by atoms with Gasteiger partial charge in [0, 0.05) is 23.8 Å². The lowest BCUT2D eigenvalue weighted by atomic mass is 10.1. The summed E-state index contributed by atoms with van der Waals surface area (Å²) in [5.74, 6) is 1.03. The van der Waals surface area contributed by atoms with Gasteiger partial charge in [-0.1, -0.05) is 12.8 Å². The number of fused-ring (bicyclic) bond motifs is 1. The first-order valence-corrected chi connectivity index (χ1v) is 7.18.